The highest BCUT2D eigenvalue weighted by atomic mass is 32.1. The number of alkyl halides is 3. The molecule has 0 spiro atoms. The van der Waals surface area contributed by atoms with Crippen molar-refractivity contribution >= 4 is 17.2 Å². The molecular weight excluding hydrogens is 379 g/mol. The van der Waals surface area contributed by atoms with E-state index in [2.05, 4.69) is 9.88 Å². The summed E-state index contributed by atoms with van der Waals surface area (Å²) in [6.45, 7) is 3.97. The van der Waals surface area contributed by atoms with E-state index >= 15 is 0 Å². The van der Waals surface area contributed by atoms with Crippen LogP contribution in [-0.4, -0.2) is 54.0 Å². The average molecular weight is 399 g/mol. The highest BCUT2D eigenvalue weighted by molar-refractivity contribution is 7.09. The molecule has 1 saturated heterocycles. The third-order valence-corrected chi connectivity index (χ3v) is 5.15. The van der Waals surface area contributed by atoms with Crippen LogP contribution in [-0.2, 0) is 24.0 Å². The fourth-order valence-electron chi connectivity index (χ4n) is 2.88. The molecule has 9 heteroatoms. The van der Waals surface area contributed by atoms with Gasteiger partial charge in [-0.2, -0.15) is 13.2 Å². The number of hydrogen-bond donors (Lipinski definition) is 0. The third kappa shape index (κ3) is 5.06. The Bertz CT molecular complexity index is 788. The van der Waals surface area contributed by atoms with Crippen LogP contribution in [0.5, 0.6) is 0 Å². The zero-order valence-corrected chi connectivity index (χ0v) is 15.6. The van der Waals surface area contributed by atoms with Crippen LogP contribution < -0.4 is 0 Å². The van der Waals surface area contributed by atoms with E-state index in [-0.39, 0.29) is 12.1 Å². The monoisotopic (exact) mass is 399 g/mol. The van der Waals surface area contributed by atoms with E-state index in [1.807, 2.05) is 5.38 Å². The standard InChI is InChI=1S/C18H20F3N3O2S/c1-23(17(25)14-4-2-3-5-15(14)18(19,20)21)10-13-12-27-16(22-13)11-24-6-8-26-9-7-24/h2-5,12H,6-11H2,1H3. The molecule has 0 bridgehead atoms. The molecule has 0 N–H and O–H groups in total. The van der Waals surface area contributed by atoms with Gasteiger partial charge in [0, 0.05) is 25.5 Å². The Morgan fingerprint density at radius 1 is 1.30 bits per heavy atom. The number of aromatic nitrogens is 1. The molecule has 1 aliphatic heterocycles. The molecule has 2 heterocycles. The van der Waals surface area contributed by atoms with Crippen LogP contribution in [0.25, 0.3) is 0 Å². The lowest BCUT2D eigenvalue weighted by Gasteiger charge is -2.25. The Hall–Kier alpha value is -1.97. The molecule has 0 aliphatic carbocycles. The van der Waals surface area contributed by atoms with Crippen LogP contribution in [0, 0.1) is 0 Å². The minimum Gasteiger partial charge on any atom is -0.379 e. The summed E-state index contributed by atoms with van der Waals surface area (Å²) in [5, 5.41) is 2.76. The lowest BCUT2D eigenvalue weighted by atomic mass is 10.1. The first-order valence-electron chi connectivity index (χ1n) is 8.49. The number of nitrogens with zero attached hydrogens (tertiary/aromatic N) is 3. The van der Waals surface area contributed by atoms with Gasteiger partial charge in [0.2, 0.25) is 0 Å². The first-order valence-corrected chi connectivity index (χ1v) is 9.37. The second-order valence-electron chi connectivity index (χ2n) is 6.33. The van der Waals surface area contributed by atoms with Crippen molar-refractivity contribution in [3.05, 3.63) is 51.5 Å². The summed E-state index contributed by atoms with van der Waals surface area (Å²) in [4.78, 5) is 20.5. The first kappa shape index (κ1) is 19.8. The van der Waals surface area contributed by atoms with E-state index in [1.54, 1.807) is 0 Å². The zero-order chi connectivity index (χ0) is 19.4. The fourth-order valence-corrected chi connectivity index (χ4v) is 3.71. The lowest BCUT2D eigenvalue weighted by molar-refractivity contribution is -0.138. The molecule has 3 rings (SSSR count). The summed E-state index contributed by atoms with van der Waals surface area (Å²) in [6, 6.07) is 4.83. The largest absolute Gasteiger partial charge is 0.417 e. The van der Waals surface area contributed by atoms with Gasteiger partial charge in [-0.25, -0.2) is 4.98 Å². The second-order valence-corrected chi connectivity index (χ2v) is 7.27. The Morgan fingerprint density at radius 2 is 2.00 bits per heavy atom. The maximum atomic E-state index is 13.1. The summed E-state index contributed by atoms with van der Waals surface area (Å²) in [5.74, 6) is -0.675. The molecule has 1 aliphatic rings. The summed E-state index contributed by atoms with van der Waals surface area (Å²) in [6.07, 6.45) is -4.57. The quantitative estimate of drug-likeness (QED) is 0.774. The normalized spacial score (nSPS) is 15.7. The number of carbonyl (C=O) groups excluding carboxylic acids is 1. The predicted molar refractivity (Wildman–Crippen MR) is 95.5 cm³/mol. The minimum absolute atomic E-state index is 0.157. The van der Waals surface area contributed by atoms with Gasteiger partial charge in [0.05, 0.1) is 43.1 Å². The SMILES string of the molecule is CN(Cc1csc(CN2CCOCC2)n1)C(=O)c1ccccc1C(F)(F)F. The van der Waals surface area contributed by atoms with Gasteiger partial charge in [-0.3, -0.25) is 9.69 Å². The number of halogens is 3. The van der Waals surface area contributed by atoms with Crippen molar-refractivity contribution < 1.29 is 22.7 Å². The molecule has 1 aromatic heterocycles. The summed E-state index contributed by atoms with van der Waals surface area (Å²) >= 11 is 1.49. The van der Waals surface area contributed by atoms with Crippen LogP contribution in [0.4, 0.5) is 13.2 Å². The molecule has 0 radical (unpaired) electrons. The van der Waals surface area contributed by atoms with E-state index in [9.17, 15) is 18.0 Å². The van der Waals surface area contributed by atoms with Crippen molar-refractivity contribution in [2.24, 2.45) is 0 Å². The molecular formula is C18H20F3N3O2S. The van der Waals surface area contributed by atoms with Crippen molar-refractivity contribution in [2.45, 2.75) is 19.3 Å². The van der Waals surface area contributed by atoms with E-state index in [4.69, 9.17) is 4.74 Å². The maximum absolute atomic E-state index is 13.1. The number of hydrogen-bond acceptors (Lipinski definition) is 5. The predicted octanol–water partition coefficient (Wildman–Crippen LogP) is 3.27. The van der Waals surface area contributed by atoms with Gasteiger partial charge in [0.15, 0.2) is 0 Å². The molecule has 1 amide bonds. The fraction of sp³-hybridized carbons (Fsp3) is 0.444. The second kappa shape index (κ2) is 8.37. The van der Waals surface area contributed by atoms with E-state index in [1.165, 1.54) is 41.5 Å². The highest BCUT2D eigenvalue weighted by Gasteiger charge is 2.35. The van der Waals surface area contributed by atoms with Gasteiger partial charge in [0.1, 0.15) is 5.01 Å². The molecule has 1 aromatic carbocycles. The van der Waals surface area contributed by atoms with Crippen LogP contribution >= 0.6 is 11.3 Å². The number of ether oxygens (including phenoxy) is 1. The van der Waals surface area contributed by atoms with Crippen LogP contribution in [0.1, 0.15) is 26.6 Å². The third-order valence-electron chi connectivity index (χ3n) is 4.27. The Kier molecular flexibility index (Phi) is 6.13. The van der Waals surface area contributed by atoms with Crippen LogP contribution in [0.15, 0.2) is 29.6 Å². The van der Waals surface area contributed by atoms with Crippen molar-refractivity contribution in [1.82, 2.24) is 14.8 Å². The summed E-state index contributed by atoms with van der Waals surface area (Å²) in [7, 11) is 1.48. The topological polar surface area (TPSA) is 45.7 Å². The number of amides is 1. The molecule has 1 fully saturated rings. The van der Waals surface area contributed by atoms with Gasteiger partial charge in [0.25, 0.3) is 5.91 Å². The Balaban J connectivity index is 1.65. The summed E-state index contributed by atoms with van der Waals surface area (Å²) < 4.78 is 44.7. The molecule has 2 aromatic rings. The number of thiazole rings is 1. The van der Waals surface area contributed by atoms with Gasteiger partial charge in [-0.15, -0.1) is 11.3 Å². The Labute approximate surface area is 159 Å². The smallest absolute Gasteiger partial charge is 0.379 e. The van der Waals surface area contributed by atoms with Gasteiger partial charge in [-0.05, 0) is 12.1 Å². The molecule has 146 valence electrons. The zero-order valence-electron chi connectivity index (χ0n) is 14.8. The maximum Gasteiger partial charge on any atom is 0.417 e. The first-order chi connectivity index (χ1) is 12.8. The number of carbonyl (C=O) groups is 1. The minimum atomic E-state index is -4.57. The number of morpholine rings is 1. The highest BCUT2D eigenvalue weighted by Crippen LogP contribution is 2.32. The van der Waals surface area contributed by atoms with Gasteiger partial charge >= 0.3 is 6.18 Å². The lowest BCUT2D eigenvalue weighted by Crippen LogP contribution is -2.35. The van der Waals surface area contributed by atoms with Gasteiger partial charge in [-0.1, -0.05) is 12.1 Å². The van der Waals surface area contributed by atoms with Crippen molar-refractivity contribution in [3.63, 3.8) is 0 Å². The molecule has 0 atom stereocenters. The molecule has 0 unspecified atom stereocenters. The van der Waals surface area contributed by atoms with Crippen LogP contribution in [0.2, 0.25) is 0 Å². The number of benzene rings is 1. The average Bonchev–Trinajstić information content (AvgIpc) is 3.08. The molecule has 5 nitrogen and oxygen atoms in total. The molecule has 0 saturated carbocycles. The van der Waals surface area contributed by atoms with E-state index in [0.717, 1.165) is 24.2 Å². The van der Waals surface area contributed by atoms with Crippen LogP contribution in [0.3, 0.4) is 0 Å². The Morgan fingerprint density at radius 3 is 2.70 bits per heavy atom. The molecule has 27 heavy (non-hydrogen) atoms. The van der Waals surface area contributed by atoms with Crippen molar-refractivity contribution in [3.8, 4) is 0 Å². The van der Waals surface area contributed by atoms with Gasteiger partial charge < -0.3 is 9.64 Å². The van der Waals surface area contributed by atoms with Crippen molar-refractivity contribution in [1.29, 1.82) is 0 Å². The van der Waals surface area contributed by atoms with Crippen molar-refractivity contribution in [2.75, 3.05) is 33.4 Å². The van der Waals surface area contributed by atoms with E-state index in [0.29, 0.717) is 25.5 Å². The number of rotatable bonds is 5. The van der Waals surface area contributed by atoms with E-state index < -0.39 is 17.6 Å². The summed E-state index contributed by atoms with van der Waals surface area (Å²) in [5.41, 5.74) is -0.604.